The molecule has 0 spiro atoms. The van der Waals surface area contributed by atoms with Crippen LogP contribution < -0.4 is 5.32 Å². The van der Waals surface area contributed by atoms with E-state index in [-0.39, 0.29) is 9.92 Å². The average molecular weight is 373 g/mol. The number of hydrogen-bond acceptors (Lipinski definition) is 4. The first-order valence-electron chi connectivity index (χ1n) is 8.72. The number of benzene rings is 2. The van der Waals surface area contributed by atoms with E-state index in [1.807, 2.05) is 0 Å². The molecule has 0 amide bonds. The number of aromatic nitrogens is 2. The van der Waals surface area contributed by atoms with E-state index in [4.69, 9.17) is 0 Å². The van der Waals surface area contributed by atoms with Gasteiger partial charge in [-0.05, 0) is 62.2 Å². The molecule has 4 rings (SSSR count). The Morgan fingerprint density at radius 2 is 1.85 bits per heavy atom. The van der Waals surface area contributed by atoms with E-state index in [0.29, 0.717) is 23.4 Å². The summed E-state index contributed by atoms with van der Waals surface area (Å²) in [5.41, 5.74) is 0.526. The molecule has 0 atom stereocenters. The summed E-state index contributed by atoms with van der Waals surface area (Å²) < 4.78 is 41.6. The van der Waals surface area contributed by atoms with Gasteiger partial charge < -0.3 is 5.32 Å². The van der Waals surface area contributed by atoms with Gasteiger partial charge in [0, 0.05) is 11.9 Å². The first-order valence-corrected chi connectivity index (χ1v) is 10.2. The average Bonchev–Trinajstić information content (AvgIpc) is 3.02. The Balaban J connectivity index is 1.83. The van der Waals surface area contributed by atoms with E-state index >= 15 is 0 Å². The van der Waals surface area contributed by atoms with E-state index in [1.165, 1.54) is 18.2 Å². The molecule has 7 heteroatoms. The van der Waals surface area contributed by atoms with Crippen molar-refractivity contribution in [2.45, 2.75) is 29.3 Å². The summed E-state index contributed by atoms with van der Waals surface area (Å²) in [6.45, 7) is 2.47. The first-order chi connectivity index (χ1) is 12.6. The number of nitrogens with zero attached hydrogens (tertiary/aromatic N) is 2. The monoisotopic (exact) mass is 373 g/mol. The van der Waals surface area contributed by atoms with Crippen molar-refractivity contribution in [1.82, 2.24) is 15.1 Å². The molecule has 1 aliphatic heterocycles. The Hall–Kier alpha value is -2.25. The van der Waals surface area contributed by atoms with Gasteiger partial charge in [0.15, 0.2) is 5.03 Å². The van der Waals surface area contributed by atoms with Gasteiger partial charge in [0.2, 0.25) is 9.84 Å². The fourth-order valence-corrected chi connectivity index (χ4v) is 4.88. The molecule has 1 saturated heterocycles. The Kier molecular flexibility index (Phi) is 4.50. The molecule has 136 valence electrons. The van der Waals surface area contributed by atoms with Crippen molar-refractivity contribution < 1.29 is 12.8 Å². The maximum Gasteiger partial charge on any atom is 0.226 e. The largest absolute Gasteiger partial charge is 0.317 e. The van der Waals surface area contributed by atoms with Crippen LogP contribution in [0.5, 0.6) is 0 Å². The predicted molar refractivity (Wildman–Crippen MR) is 97.2 cm³/mol. The lowest BCUT2D eigenvalue weighted by atomic mass is 9.98. The van der Waals surface area contributed by atoms with Crippen LogP contribution in [0.4, 0.5) is 4.39 Å². The number of nitrogens with one attached hydrogen (secondary N) is 1. The molecule has 0 bridgehead atoms. The van der Waals surface area contributed by atoms with Gasteiger partial charge in [-0.2, -0.15) is 5.10 Å². The summed E-state index contributed by atoms with van der Waals surface area (Å²) in [7, 11) is -3.77. The molecule has 2 heterocycles. The molecule has 5 nitrogen and oxygen atoms in total. The zero-order valence-electron chi connectivity index (χ0n) is 14.2. The lowest BCUT2D eigenvalue weighted by Crippen LogP contribution is -2.30. The van der Waals surface area contributed by atoms with E-state index in [9.17, 15) is 12.8 Å². The molecule has 0 saturated carbocycles. The molecule has 0 unspecified atom stereocenters. The number of sulfone groups is 1. The predicted octanol–water partition coefficient (Wildman–Crippen LogP) is 3.01. The van der Waals surface area contributed by atoms with Crippen molar-refractivity contribution in [3.8, 4) is 0 Å². The van der Waals surface area contributed by atoms with Crippen LogP contribution in [0, 0.1) is 11.7 Å². The summed E-state index contributed by atoms with van der Waals surface area (Å²) >= 11 is 0. The number of hydrogen-bond donors (Lipinski definition) is 1. The topological polar surface area (TPSA) is 64.0 Å². The van der Waals surface area contributed by atoms with Gasteiger partial charge in [0.25, 0.3) is 0 Å². The van der Waals surface area contributed by atoms with Crippen LogP contribution in [0.1, 0.15) is 12.8 Å². The third-order valence-electron chi connectivity index (χ3n) is 4.88. The molecule has 3 aromatic rings. The van der Waals surface area contributed by atoms with Crippen molar-refractivity contribution in [1.29, 1.82) is 0 Å². The minimum atomic E-state index is -3.77. The quantitative estimate of drug-likeness (QED) is 0.764. The molecule has 1 aliphatic rings. The van der Waals surface area contributed by atoms with E-state index in [2.05, 4.69) is 10.4 Å². The Morgan fingerprint density at radius 3 is 2.58 bits per heavy atom. The highest BCUT2D eigenvalue weighted by Gasteiger charge is 2.26. The Bertz CT molecular complexity index is 1030. The second-order valence-corrected chi connectivity index (χ2v) is 8.52. The molecule has 1 aromatic heterocycles. The minimum absolute atomic E-state index is 0.00682. The second kappa shape index (κ2) is 6.81. The lowest BCUT2D eigenvalue weighted by Gasteiger charge is -2.22. The van der Waals surface area contributed by atoms with Crippen LogP contribution in [-0.4, -0.2) is 31.3 Å². The maximum atomic E-state index is 13.8. The molecule has 26 heavy (non-hydrogen) atoms. The summed E-state index contributed by atoms with van der Waals surface area (Å²) in [5.74, 6) is 0.00233. The number of fused-ring (bicyclic) bond motifs is 1. The summed E-state index contributed by atoms with van der Waals surface area (Å²) in [6, 6.07) is 12.4. The third-order valence-corrected chi connectivity index (χ3v) is 6.58. The highest BCUT2D eigenvalue weighted by Crippen LogP contribution is 2.29. The second-order valence-electron chi connectivity index (χ2n) is 6.66. The van der Waals surface area contributed by atoms with E-state index in [1.54, 1.807) is 35.0 Å². The smallest absolute Gasteiger partial charge is 0.226 e. The van der Waals surface area contributed by atoms with Gasteiger partial charge >= 0.3 is 0 Å². The van der Waals surface area contributed by atoms with E-state index < -0.39 is 15.7 Å². The molecule has 2 aromatic carbocycles. The minimum Gasteiger partial charge on any atom is -0.317 e. The maximum absolute atomic E-state index is 13.8. The van der Waals surface area contributed by atoms with Gasteiger partial charge in [-0.25, -0.2) is 12.8 Å². The van der Waals surface area contributed by atoms with Crippen LogP contribution in [0.3, 0.4) is 0 Å². The Morgan fingerprint density at radius 1 is 1.12 bits per heavy atom. The SMILES string of the molecule is O=S(=O)(c1ccccc1)c1nn(CC2CCNCC2)c2cc(F)ccc12. The molecule has 1 fully saturated rings. The number of piperidine rings is 1. The van der Waals surface area contributed by atoms with Crippen molar-refractivity contribution in [3.63, 3.8) is 0 Å². The van der Waals surface area contributed by atoms with Crippen molar-refractivity contribution in [2.75, 3.05) is 13.1 Å². The zero-order valence-corrected chi connectivity index (χ0v) is 15.0. The van der Waals surface area contributed by atoms with Crippen LogP contribution in [-0.2, 0) is 16.4 Å². The molecular formula is C19H20FN3O2S. The van der Waals surface area contributed by atoms with Gasteiger partial charge in [0.1, 0.15) is 5.82 Å². The molecular weight excluding hydrogens is 353 g/mol. The van der Waals surface area contributed by atoms with Crippen LogP contribution in [0.15, 0.2) is 58.5 Å². The van der Waals surface area contributed by atoms with Crippen molar-refractivity contribution >= 4 is 20.7 Å². The fraction of sp³-hybridized carbons (Fsp3) is 0.316. The summed E-state index contributed by atoms with van der Waals surface area (Å²) in [6.07, 6.45) is 1.99. The van der Waals surface area contributed by atoms with Crippen LogP contribution >= 0.6 is 0 Å². The number of halogens is 1. The van der Waals surface area contributed by atoms with Gasteiger partial charge in [0.05, 0.1) is 10.4 Å². The highest BCUT2D eigenvalue weighted by atomic mass is 32.2. The van der Waals surface area contributed by atoms with Crippen molar-refractivity contribution in [2.24, 2.45) is 5.92 Å². The van der Waals surface area contributed by atoms with Gasteiger partial charge in [-0.1, -0.05) is 18.2 Å². The zero-order chi connectivity index (χ0) is 18.1. The normalized spacial score (nSPS) is 16.2. The summed E-state index contributed by atoms with van der Waals surface area (Å²) in [5, 5.41) is 8.18. The lowest BCUT2D eigenvalue weighted by molar-refractivity contribution is 0.323. The van der Waals surface area contributed by atoms with Gasteiger partial charge in [-0.3, -0.25) is 4.68 Å². The van der Waals surface area contributed by atoms with Crippen molar-refractivity contribution in [3.05, 3.63) is 54.3 Å². The fourth-order valence-electron chi connectivity index (χ4n) is 3.47. The molecule has 1 N–H and O–H groups in total. The highest BCUT2D eigenvalue weighted by molar-refractivity contribution is 7.91. The molecule has 0 radical (unpaired) electrons. The summed E-state index contributed by atoms with van der Waals surface area (Å²) in [4.78, 5) is 0.192. The standard InChI is InChI=1S/C19H20FN3O2S/c20-15-6-7-17-18(12-15)23(13-14-8-10-21-11-9-14)22-19(17)26(24,25)16-4-2-1-3-5-16/h1-7,12,14,21H,8-11,13H2. The first kappa shape index (κ1) is 17.2. The third kappa shape index (κ3) is 3.12. The number of rotatable bonds is 4. The van der Waals surface area contributed by atoms with Crippen LogP contribution in [0.25, 0.3) is 10.9 Å². The molecule has 0 aliphatic carbocycles. The van der Waals surface area contributed by atoms with Gasteiger partial charge in [-0.15, -0.1) is 0 Å². The Labute approximate surface area is 151 Å². The van der Waals surface area contributed by atoms with E-state index in [0.717, 1.165) is 25.9 Å². The van der Waals surface area contributed by atoms with Crippen LogP contribution in [0.2, 0.25) is 0 Å².